The number of pyridine rings is 1. The van der Waals surface area contributed by atoms with Crippen molar-refractivity contribution in [3.05, 3.63) is 31.2 Å². The molecule has 0 amide bonds. The molecule has 2 saturated heterocycles. The monoisotopic (exact) mass is 683 g/mol. The van der Waals surface area contributed by atoms with Gasteiger partial charge in [0.2, 0.25) is 0 Å². The number of fused-ring (bicyclic) bond motifs is 4. The minimum absolute atomic E-state index is 0.150. The van der Waals surface area contributed by atoms with Crippen molar-refractivity contribution < 1.29 is 47.4 Å². The van der Waals surface area contributed by atoms with Crippen molar-refractivity contribution in [3.8, 4) is 0 Å². The van der Waals surface area contributed by atoms with E-state index in [1.165, 1.54) is 29.7 Å². The van der Waals surface area contributed by atoms with Crippen LogP contribution < -0.4 is 11.5 Å². The minimum Gasteiger partial charge on any atom is -0.397 e. The number of rotatable bonds is 2. The second-order valence-corrected chi connectivity index (χ2v) is 15.7. The third-order valence-corrected chi connectivity index (χ3v) is 11.5. The van der Waals surface area contributed by atoms with Gasteiger partial charge in [0.15, 0.2) is 23.3 Å². The molecule has 4 fully saturated rings. The number of phosphoric acid groups is 1. The number of hydrogen-bond acceptors (Lipinski definition) is 16. The highest BCUT2D eigenvalue weighted by molar-refractivity contribution is 8.07. The molecule has 45 heavy (non-hydrogen) atoms. The highest BCUT2D eigenvalue weighted by Crippen LogP contribution is 2.72. The van der Waals surface area contributed by atoms with Crippen LogP contribution in [0.25, 0.3) is 22.3 Å². The fraction of sp³-hybridized carbons (Fsp3) is 0.522. The lowest BCUT2D eigenvalue weighted by Crippen LogP contribution is -2.38. The van der Waals surface area contributed by atoms with Gasteiger partial charge in [-0.05, 0) is 30.2 Å². The number of nitrogen functional groups attached to an aromatic ring is 2. The topological polar surface area (TPSA) is 270 Å². The van der Waals surface area contributed by atoms with Crippen molar-refractivity contribution in [3.63, 3.8) is 0 Å². The Morgan fingerprint density at radius 2 is 1.73 bits per heavy atom. The summed E-state index contributed by atoms with van der Waals surface area (Å²) in [4.78, 5) is 43.1. The third-order valence-electron chi connectivity index (χ3n) is 9.00. The normalized spacial score (nSPS) is 41.7. The maximum atomic E-state index is 13.4. The largest absolute Gasteiger partial charge is 0.472 e. The number of aromatic nitrogens is 7. The number of nitrogens with zero attached hydrogens (tertiary/aromatic N) is 7. The first-order valence-corrected chi connectivity index (χ1v) is 17.8. The highest BCUT2D eigenvalue weighted by atomic mass is 32.5. The van der Waals surface area contributed by atoms with Gasteiger partial charge in [-0.1, -0.05) is 0 Å². The lowest BCUT2D eigenvalue weighted by Gasteiger charge is -2.31. The summed E-state index contributed by atoms with van der Waals surface area (Å²) in [5.74, 6) is -0.241. The molecule has 2 aliphatic carbocycles. The molecule has 6 heterocycles. The molecule has 8 rings (SSSR count). The number of hydrogen-bond donors (Lipinski definition) is 6. The molecule has 19 nitrogen and oxygen atoms in total. The number of imidazole rings is 2. The van der Waals surface area contributed by atoms with Crippen molar-refractivity contribution >= 4 is 60.2 Å². The van der Waals surface area contributed by atoms with Crippen molar-refractivity contribution in [2.24, 2.45) is 11.3 Å². The van der Waals surface area contributed by atoms with Gasteiger partial charge in [-0.2, -0.15) is 0 Å². The summed E-state index contributed by atoms with van der Waals surface area (Å²) in [6.07, 6.45) is -2.13. The number of aliphatic hydroxyl groups is 2. The maximum Gasteiger partial charge on any atom is 0.472 e. The van der Waals surface area contributed by atoms with Crippen molar-refractivity contribution in [1.82, 2.24) is 34.1 Å². The average molecular weight is 684 g/mol. The highest BCUT2D eigenvalue weighted by Gasteiger charge is 2.74. The first kappa shape index (κ1) is 29.7. The second-order valence-electron chi connectivity index (χ2n) is 11.5. The molecule has 4 aliphatic rings. The smallest absolute Gasteiger partial charge is 0.397 e. The number of ether oxygens (including phenoxy) is 1. The molecule has 8 N–H and O–H groups in total. The summed E-state index contributed by atoms with van der Waals surface area (Å²) in [6.45, 7) is -5.04. The van der Waals surface area contributed by atoms with E-state index in [0.29, 0.717) is 28.8 Å². The number of anilines is 2. The van der Waals surface area contributed by atoms with Crippen molar-refractivity contribution in [2.45, 2.75) is 49.2 Å². The van der Waals surface area contributed by atoms with E-state index in [0.717, 1.165) is 0 Å². The van der Waals surface area contributed by atoms with E-state index in [4.69, 9.17) is 46.1 Å². The van der Waals surface area contributed by atoms with Crippen LogP contribution >= 0.6 is 14.5 Å². The van der Waals surface area contributed by atoms with E-state index in [-0.39, 0.29) is 11.5 Å². The SMILES string of the molecule is Nc1ncnc2c1ncn2[C@H]1[C@H](O)[C@@H]2OP(O)(=S)OC[C@H]3O[C@@H](n4cnc5c(N)ccnc54)[C@H](OP(=O)(O)OCC24C[C@H]14)[C@@H]3O. The van der Waals surface area contributed by atoms with Crippen LogP contribution in [-0.4, -0.2) is 97.8 Å². The Hall–Kier alpha value is -2.71. The predicted octanol–water partition coefficient (Wildman–Crippen LogP) is -0.250. The first-order chi connectivity index (χ1) is 21.4. The molecule has 0 aromatic carbocycles. The summed E-state index contributed by atoms with van der Waals surface area (Å²) in [5.41, 5.74) is 12.5. The number of phosphoric ester groups is 1. The standard InChI is InChI=1S/C23H27N9O10P2S/c24-10-1-2-26-20-12(10)29-8-32(20)22-17-15(33)11(40-22)4-38-44(37,45)42-18-16(34)14(9-3-23(9,18)5-39-43(35,36)41-17)31-7-30-13-19(25)27-6-28-21(13)31/h1-2,6-9,11,14-18,22,33-34H,3-5H2,(H2,24,26)(H,35,36)(H,37,45)(H2,25,27,28)/t9-,11-,14-,15-,16+,17-,18+,22-,23?,44?/m1/s1. The van der Waals surface area contributed by atoms with Crippen molar-refractivity contribution in [2.75, 3.05) is 24.7 Å². The number of nitrogens with two attached hydrogens (primary N) is 2. The van der Waals surface area contributed by atoms with Crippen LogP contribution in [-0.2, 0) is 39.2 Å². The zero-order chi connectivity index (χ0) is 31.5. The fourth-order valence-electron chi connectivity index (χ4n) is 6.82. The molecule has 1 spiro atoms. The van der Waals surface area contributed by atoms with Gasteiger partial charge < -0.3 is 49.8 Å². The van der Waals surface area contributed by atoms with Gasteiger partial charge in [0.05, 0.1) is 37.6 Å². The second kappa shape index (κ2) is 10.1. The Morgan fingerprint density at radius 3 is 2.56 bits per heavy atom. The van der Waals surface area contributed by atoms with Crippen LogP contribution in [0.4, 0.5) is 11.5 Å². The third kappa shape index (κ3) is 4.63. The van der Waals surface area contributed by atoms with Gasteiger partial charge in [0.1, 0.15) is 47.9 Å². The van der Waals surface area contributed by atoms with E-state index in [1.54, 1.807) is 10.6 Å². The zero-order valence-corrected chi connectivity index (χ0v) is 25.6. The molecular weight excluding hydrogens is 656 g/mol. The summed E-state index contributed by atoms with van der Waals surface area (Å²) in [7, 11) is -4.92. The van der Waals surface area contributed by atoms with E-state index in [1.807, 2.05) is 0 Å². The molecule has 4 aromatic rings. The molecule has 11 atom stereocenters. The molecular formula is C23H27N9O10P2S. The Morgan fingerprint density at radius 1 is 0.978 bits per heavy atom. The fourth-order valence-corrected chi connectivity index (χ4v) is 9.30. The van der Waals surface area contributed by atoms with Crippen LogP contribution in [0.5, 0.6) is 0 Å². The Balaban J connectivity index is 1.14. The van der Waals surface area contributed by atoms with Crippen LogP contribution in [0.3, 0.4) is 0 Å². The van der Waals surface area contributed by atoms with Crippen LogP contribution in [0.2, 0.25) is 0 Å². The van der Waals surface area contributed by atoms with Gasteiger partial charge >= 0.3 is 14.5 Å². The van der Waals surface area contributed by atoms with Gasteiger partial charge in [-0.25, -0.2) is 29.5 Å². The quantitative estimate of drug-likeness (QED) is 0.149. The van der Waals surface area contributed by atoms with E-state index in [9.17, 15) is 24.6 Å². The van der Waals surface area contributed by atoms with Crippen LogP contribution in [0, 0.1) is 11.3 Å². The Bertz CT molecular complexity index is 1930. The average Bonchev–Trinajstić information content (AvgIpc) is 3.28. The summed E-state index contributed by atoms with van der Waals surface area (Å²) in [5, 5.41) is 22.7. The van der Waals surface area contributed by atoms with E-state index >= 15 is 0 Å². The van der Waals surface area contributed by atoms with E-state index in [2.05, 4.69) is 24.9 Å². The van der Waals surface area contributed by atoms with Gasteiger partial charge in [-0.3, -0.25) is 13.6 Å². The van der Waals surface area contributed by atoms with E-state index < -0.39 is 81.9 Å². The molecule has 2 aliphatic heterocycles. The van der Waals surface area contributed by atoms with Gasteiger partial charge in [0.25, 0.3) is 0 Å². The molecule has 22 heteroatoms. The molecule has 2 bridgehead atoms. The molecule has 4 aromatic heterocycles. The summed E-state index contributed by atoms with van der Waals surface area (Å²) in [6, 6.07) is 0.845. The Labute approximate surface area is 257 Å². The predicted molar refractivity (Wildman–Crippen MR) is 155 cm³/mol. The first-order valence-electron chi connectivity index (χ1n) is 13.7. The minimum atomic E-state index is -4.92. The Kier molecular flexibility index (Phi) is 6.69. The summed E-state index contributed by atoms with van der Waals surface area (Å²) < 4.78 is 45.1. The molecule has 3 unspecified atom stereocenters. The maximum absolute atomic E-state index is 13.4. The van der Waals surface area contributed by atoms with Gasteiger partial charge in [0, 0.05) is 11.6 Å². The van der Waals surface area contributed by atoms with Gasteiger partial charge in [-0.15, -0.1) is 0 Å². The van der Waals surface area contributed by atoms with Crippen molar-refractivity contribution in [1.29, 1.82) is 0 Å². The molecule has 0 radical (unpaired) electrons. The number of aliphatic hydroxyl groups excluding tert-OH is 2. The zero-order valence-electron chi connectivity index (χ0n) is 23.0. The lowest BCUT2D eigenvalue weighted by molar-refractivity contribution is -0.0616. The molecule has 2 saturated carbocycles. The van der Waals surface area contributed by atoms with Crippen LogP contribution in [0.1, 0.15) is 18.7 Å². The molecule has 240 valence electrons. The van der Waals surface area contributed by atoms with Crippen LogP contribution in [0.15, 0.2) is 31.2 Å². The lowest BCUT2D eigenvalue weighted by atomic mass is 10.0. The summed E-state index contributed by atoms with van der Waals surface area (Å²) >= 11 is 5.32.